The van der Waals surface area contributed by atoms with E-state index in [0.29, 0.717) is 5.39 Å². The van der Waals surface area contributed by atoms with Crippen molar-refractivity contribution in [1.29, 1.82) is 0 Å². The van der Waals surface area contributed by atoms with Crippen molar-refractivity contribution in [2.45, 2.75) is 23.3 Å². The van der Waals surface area contributed by atoms with E-state index in [1.807, 2.05) is 0 Å². The molecular weight excluding hydrogens is 615 g/mol. The summed E-state index contributed by atoms with van der Waals surface area (Å²) in [6.07, 6.45) is 1.40. The second kappa shape index (κ2) is 11.0. The molecule has 1 N–H and O–H groups in total. The SMILES string of the molecule is Cc1ccc(S(=O)(=O)Oc2c(C(=O)NCc3ccc(F)cc3S(=O)(=O)N(C)C)nc(Br)c3cccnc23)cc1. The minimum absolute atomic E-state index is 0.0536. The summed E-state index contributed by atoms with van der Waals surface area (Å²) in [5, 5.41) is 2.91. The largest absolute Gasteiger partial charge is 0.374 e. The van der Waals surface area contributed by atoms with Crippen LogP contribution in [0.25, 0.3) is 10.9 Å². The molecule has 2 heterocycles. The maximum Gasteiger partial charge on any atom is 0.339 e. The third kappa shape index (κ3) is 5.93. The van der Waals surface area contributed by atoms with Crippen LogP contribution in [0, 0.1) is 12.7 Å². The van der Waals surface area contributed by atoms with Crippen molar-refractivity contribution in [3.8, 4) is 5.75 Å². The summed E-state index contributed by atoms with van der Waals surface area (Å²) in [7, 11) is -5.85. The van der Waals surface area contributed by atoms with Gasteiger partial charge in [-0.3, -0.25) is 9.78 Å². The number of halogens is 2. The average Bonchev–Trinajstić information content (AvgIpc) is 2.89. The zero-order valence-electron chi connectivity index (χ0n) is 20.8. The fourth-order valence-electron chi connectivity index (χ4n) is 3.54. The summed E-state index contributed by atoms with van der Waals surface area (Å²) in [4.78, 5) is 21.3. The van der Waals surface area contributed by atoms with Gasteiger partial charge < -0.3 is 9.50 Å². The van der Waals surface area contributed by atoms with Crippen LogP contribution in [0.2, 0.25) is 0 Å². The van der Waals surface area contributed by atoms with E-state index in [2.05, 4.69) is 31.2 Å². The van der Waals surface area contributed by atoms with Gasteiger partial charge in [-0.25, -0.2) is 22.1 Å². The van der Waals surface area contributed by atoms with Gasteiger partial charge in [0.2, 0.25) is 15.8 Å². The number of carbonyl (C=O) groups is 1. The summed E-state index contributed by atoms with van der Waals surface area (Å²) in [6.45, 7) is 1.46. The molecule has 4 rings (SSSR count). The fraction of sp³-hybridized carbons (Fsp3) is 0.160. The summed E-state index contributed by atoms with van der Waals surface area (Å²) < 4.78 is 72.1. The molecule has 0 aliphatic carbocycles. The normalized spacial score (nSPS) is 12.1. The molecule has 2 aromatic carbocycles. The zero-order chi connectivity index (χ0) is 28.5. The third-order valence-electron chi connectivity index (χ3n) is 5.62. The number of benzene rings is 2. The van der Waals surface area contributed by atoms with Crippen molar-refractivity contribution in [3.05, 3.63) is 88.0 Å². The van der Waals surface area contributed by atoms with Crippen LogP contribution in [0.1, 0.15) is 21.6 Å². The number of nitrogens with zero attached hydrogens (tertiary/aromatic N) is 3. The molecule has 39 heavy (non-hydrogen) atoms. The van der Waals surface area contributed by atoms with Crippen molar-refractivity contribution in [3.63, 3.8) is 0 Å². The summed E-state index contributed by atoms with van der Waals surface area (Å²) in [5.74, 6) is -2.06. The van der Waals surface area contributed by atoms with Crippen LogP contribution in [0.4, 0.5) is 4.39 Å². The fourth-order valence-corrected chi connectivity index (χ4v) is 6.11. The predicted octanol–water partition coefficient (Wildman–Crippen LogP) is 3.79. The van der Waals surface area contributed by atoms with Gasteiger partial charge in [0, 0.05) is 32.2 Å². The van der Waals surface area contributed by atoms with Gasteiger partial charge in [0.1, 0.15) is 20.8 Å². The number of hydrogen-bond acceptors (Lipinski definition) is 8. The second-order valence-electron chi connectivity index (χ2n) is 8.55. The Balaban J connectivity index is 1.75. The smallest absolute Gasteiger partial charge is 0.339 e. The molecular formula is C25H22BrFN4O6S2. The van der Waals surface area contributed by atoms with Crippen LogP contribution >= 0.6 is 15.9 Å². The maximum absolute atomic E-state index is 13.9. The highest BCUT2D eigenvalue weighted by atomic mass is 79.9. The summed E-state index contributed by atoms with van der Waals surface area (Å²) in [5.41, 5.74) is 0.579. The number of rotatable bonds is 8. The lowest BCUT2D eigenvalue weighted by Gasteiger charge is -2.17. The molecule has 0 saturated heterocycles. The number of sulfonamides is 1. The van der Waals surface area contributed by atoms with E-state index in [4.69, 9.17) is 4.18 Å². The molecule has 0 aliphatic heterocycles. The molecule has 204 valence electrons. The van der Waals surface area contributed by atoms with Gasteiger partial charge in [0.15, 0.2) is 5.69 Å². The van der Waals surface area contributed by atoms with E-state index < -0.39 is 43.3 Å². The van der Waals surface area contributed by atoms with Gasteiger partial charge in [0.25, 0.3) is 5.91 Å². The van der Waals surface area contributed by atoms with Gasteiger partial charge in [-0.2, -0.15) is 8.42 Å². The molecule has 2 aromatic heterocycles. The maximum atomic E-state index is 13.9. The first kappa shape index (κ1) is 28.5. The molecule has 0 unspecified atom stereocenters. The Morgan fingerprint density at radius 1 is 1.08 bits per heavy atom. The van der Waals surface area contributed by atoms with Crippen molar-refractivity contribution >= 4 is 52.9 Å². The summed E-state index contributed by atoms with van der Waals surface area (Å²) >= 11 is 3.28. The highest BCUT2D eigenvalue weighted by molar-refractivity contribution is 9.10. The number of amides is 1. The second-order valence-corrected chi connectivity index (χ2v) is 13.0. The van der Waals surface area contributed by atoms with Gasteiger partial charge in [-0.05, 0) is 64.8 Å². The lowest BCUT2D eigenvalue weighted by Crippen LogP contribution is -2.28. The quantitative estimate of drug-likeness (QED) is 0.228. The molecule has 14 heteroatoms. The Labute approximate surface area is 233 Å². The average molecular weight is 638 g/mol. The number of aromatic nitrogens is 2. The van der Waals surface area contributed by atoms with Crippen molar-refractivity contribution < 1.29 is 30.2 Å². The molecule has 0 saturated carbocycles. The lowest BCUT2D eigenvalue weighted by atomic mass is 10.2. The highest BCUT2D eigenvalue weighted by Gasteiger charge is 2.28. The van der Waals surface area contributed by atoms with Crippen LogP contribution in [-0.2, 0) is 26.7 Å². The molecule has 0 aliphatic rings. The minimum Gasteiger partial charge on any atom is -0.374 e. The van der Waals surface area contributed by atoms with E-state index in [1.165, 1.54) is 38.5 Å². The van der Waals surface area contributed by atoms with Gasteiger partial charge in [-0.15, -0.1) is 0 Å². The number of nitrogens with one attached hydrogen (secondary N) is 1. The molecule has 0 atom stereocenters. The first-order chi connectivity index (χ1) is 18.3. The molecule has 0 radical (unpaired) electrons. The standard InChI is InChI=1S/C25H22BrFN4O6S2/c1-15-6-10-18(11-7-15)39(35,36)37-23-21-19(5-4-12-28-21)24(26)30-22(23)25(32)29-14-16-8-9-17(27)13-20(16)38(33,34)31(2)3/h4-13H,14H2,1-3H3,(H,29,32). The van der Waals surface area contributed by atoms with Gasteiger partial charge >= 0.3 is 10.1 Å². The Kier molecular flexibility index (Phi) is 8.02. The molecule has 10 nitrogen and oxygen atoms in total. The zero-order valence-corrected chi connectivity index (χ0v) is 24.1. The topological polar surface area (TPSA) is 136 Å². The van der Waals surface area contributed by atoms with Crippen LogP contribution < -0.4 is 9.50 Å². The lowest BCUT2D eigenvalue weighted by molar-refractivity contribution is 0.0944. The van der Waals surface area contributed by atoms with Crippen LogP contribution in [-0.4, -0.2) is 51.1 Å². The first-order valence-electron chi connectivity index (χ1n) is 11.3. The minimum atomic E-state index is -4.40. The van der Waals surface area contributed by atoms with E-state index in [-0.39, 0.29) is 32.0 Å². The van der Waals surface area contributed by atoms with Crippen molar-refractivity contribution in [2.24, 2.45) is 0 Å². The Bertz CT molecular complexity index is 1800. The van der Waals surface area contributed by atoms with Crippen LogP contribution in [0.3, 0.4) is 0 Å². The van der Waals surface area contributed by atoms with E-state index in [9.17, 15) is 26.0 Å². The molecule has 1 amide bonds. The Hall–Kier alpha value is -3.46. The van der Waals surface area contributed by atoms with Crippen molar-refractivity contribution in [1.82, 2.24) is 19.6 Å². The molecule has 0 bridgehead atoms. The number of fused-ring (bicyclic) bond motifs is 1. The van der Waals surface area contributed by atoms with Crippen LogP contribution in [0.15, 0.2) is 75.2 Å². The molecule has 0 fully saturated rings. The number of carbonyl (C=O) groups excluding carboxylic acids is 1. The van der Waals surface area contributed by atoms with E-state index in [1.54, 1.807) is 31.2 Å². The van der Waals surface area contributed by atoms with Gasteiger partial charge in [-0.1, -0.05) is 23.8 Å². The monoisotopic (exact) mass is 636 g/mol. The van der Waals surface area contributed by atoms with Crippen molar-refractivity contribution in [2.75, 3.05) is 14.1 Å². The Morgan fingerprint density at radius 3 is 2.44 bits per heavy atom. The third-order valence-corrected chi connectivity index (χ3v) is 9.35. The van der Waals surface area contributed by atoms with E-state index in [0.717, 1.165) is 22.0 Å². The number of aryl methyl sites for hydroxylation is 1. The van der Waals surface area contributed by atoms with Crippen LogP contribution in [0.5, 0.6) is 5.75 Å². The number of hydrogen-bond donors (Lipinski definition) is 1. The van der Waals surface area contributed by atoms with Gasteiger partial charge in [0.05, 0.1) is 4.90 Å². The summed E-state index contributed by atoms with van der Waals surface area (Å²) in [6, 6.07) is 12.3. The molecule has 0 spiro atoms. The van der Waals surface area contributed by atoms with E-state index >= 15 is 0 Å². The first-order valence-corrected chi connectivity index (χ1v) is 14.9. The highest BCUT2D eigenvalue weighted by Crippen LogP contribution is 2.34. The molecule has 4 aromatic rings. The predicted molar refractivity (Wildman–Crippen MR) is 145 cm³/mol. The number of pyridine rings is 2. The Morgan fingerprint density at radius 2 is 1.77 bits per heavy atom.